The Hall–Kier alpha value is -1.58. The van der Waals surface area contributed by atoms with Crippen molar-refractivity contribution in [3.05, 3.63) is 23.9 Å². The Labute approximate surface area is 134 Å². The van der Waals surface area contributed by atoms with Gasteiger partial charge in [0, 0.05) is 25.8 Å². The first kappa shape index (κ1) is 15.3. The van der Waals surface area contributed by atoms with Crippen LogP contribution in [0.25, 0.3) is 0 Å². The molecule has 22 heavy (non-hydrogen) atoms. The molecule has 0 radical (unpaired) electrons. The molecule has 120 valence electrons. The Kier molecular flexibility index (Phi) is 5.30. The molecule has 1 aliphatic heterocycles. The quantitative estimate of drug-likeness (QED) is 0.834. The molecule has 0 bridgehead atoms. The normalized spacial score (nSPS) is 19.9. The molecular formula is C18H28N4. The zero-order valence-corrected chi connectivity index (χ0v) is 13.7. The lowest BCUT2D eigenvalue weighted by molar-refractivity contribution is 0.434. The highest BCUT2D eigenvalue weighted by atomic mass is 15.3. The highest BCUT2D eigenvalue weighted by Crippen LogP contribution is 2.22. The molecule has 1 aliphatic carbocycles. The van der Waals surface area contributed by atoms with E-state index in [1.165, 1.54) is 38.5 Å². The van der Waals surface area contributed by atoms with Gasteiger partial charge in [-0.15, -0.1) is 0 Å². The van der Waals surface area contributed by atoms with Crippen molar-refractivity contribution in [1.29, 1.82) is 0 Å². The van der Waals surface area contributed by atoms with E-state index in [9.17, 15) is 0 Å². The van der Waals surface area contributed by atoms with Crippen LogP contribution in [0.2, 0.25) is 0 Å². The predicted octanol–water partition coefficient (Wildman–Crippen LogP) is 4.02. The number of piperidine rings is 1. The van der Waals surface area contributed by atoms with Gasteiger partial charge in [0.1, 0.15) is 5.82 Å². The van der Waals surface area contributed by atoms with Crippen LogP contribution in [0.4, 0.5) is 11.8 Å². The van der Waals surface area contributed by atoms with E-state index in [0.717, 1.165) is 43.7 Å². The lowest BCUT2D eigenvalue weighted by atomic mass is 9.97. The van der Waals surface area contributed by atoms with Crippen LogP contribution in [0.15, 0.2) is 23.9 Å². The van der Waals surface area contributed by atoms with Gasteiger partial charge in [-0.3, -0.25) is 0 Å². The fraction of sp³-hybridized carbons (Fsp3) is 0.667. The third-order valence-electron chi connectivity index (χ3n) is 4.85. The Morgan fingerprint density at radius 1 is 1.27 bits per heavy atom. The minimum absolute atomic E-state index is 0.835. The van der Waals surface area contributed by atoms with Crippen molar-refractivity contribution >= 4 is 11.8 Å². The van der Waals surface area contributed by atoms with Crippen molar-refractivity contribution in [2.24, 2.45) is 5.92 Å². The van der Waals surface area contributed by atoms with E-state index in [1.54, 1.807) is 5.57 Å². The maximum absolute atomic E-state index is 4.69. The number of nitrogens with zero attached hydrogens (tertiary/aromatic N) is 3. The summed E-state index contributed by atoms with van der Waals surface area (Å²) >= 11 is 0. The van der Waals surface area contributed by atoms with Gasteiger partial charge in [0.15, 0.2) is 0 Å². The highest BCUT2D eigenvalue weighted by molar-refractivity contribution is 5.41. The second-order valence-electron chi connectivity index (χ2n) is 6.70. The lowest BCUT2D eigenvalue weighted by Gasteiger charge is -2.30. The Morgan fingerprint density at radius 2 is 2.14 bits per heavy atom. The van der Waals surface area contributed by atoms with Gasteiger partial charge in [-0.1, -0.05) is 18.6 Å². The van der Waals surface area contributed by atoms with Crippen molar-refractivity contribution in [3.63, 3.8) is 0 Å². The standard InChI is InChI=1S/C18H28N4/c1-15-9-13-22(14-10-15)18-20-12-8-17(21-18)19-11-7-16-5-3-2-4-6-16/h5,8,12,15H,2-4,6-7,9-11,13-14H2,1H3,(H,19,20,21). The van der Waals surface area contributed by atoms with Crippen LogP contribution < -0.4 is 10.2 Å². The minimum atomic E-state index is 0.835. The second kappa shape index (κ2) is 7.61. The first-order valence-corrected chi connectivity index (χ1v) is 8.81. The number of nitrogens with one attached hydrogen (secondary N) is 1. The molecule has 4 nitrogen and oxygen atoms in total. The van der Waals surface area contributed by atoms with E-state index in [1.807, 2.05) is 12.3 Å². The third-order valence-corrected chi connectivity index (χ3v) is 4.85. The topological polar surface area (TPSA) is 41.1 Å². The van der Waals surface area contributed by atoms with E-state index in [-0.39, 0.29) is 0 Å². The number of allylic oxidation sites excluding steroid dienone is 1. The van der Waals surface area contributed by atoms with Crippen LogP contribution in [-0.4, -0.2) is 29.6 Å². The van der Waals surface area contributed by atoms with Gasteiger partial charge < -0.3 is 10.2 Å². The number of hydrogen-bond donors (Lipinski definition) is 1. The zero-order chi connectivity index (χ0) is 15.2. The average molecular weight is 300 g/mol. The van der Waals surface area contributed by atoms with E-state index < -0.39 is 0 Å². The largest absolute Gasteiger partial charge is 0.370 e. The van der Waals surface area contributed by atoms with Crippen molar-refractivity contribution < 1.29 is 0 Å². The van der Waals surface area contributed by atoms with E-state index >= 15 is 0 Å². The molecular weight excluding hydrogens is 272 g/mol. The molecule has 2 aliphatic rings. The molecule has 1 aromatic heterocycles. The Balaban J connectivity index is 1.51. The van der Waals surface area contributed by atoms with Crippen LogP contribution >= 0.6 is 0 Å². The van der Waals surface area contributed by atoms with E-state index in [4.69, 9.17) is 0 Å². The van der Waals surface area contributed by atoms with Gasteiger partial charge in [0.05, 0.1) is 0 Å². The van der Waals surface area contributed by atoms with Crippen molar-refractivity contribution in [1.82, 2.24) is 9.97 Å². The van der Waals surface area contributed by atoms with Crippen molar-refractivity contribution in [3.8, 4) is 0 Å². The van der Waals surface area contributed by atoms with E-state index in [2.05, 4.69) is 33.2 Å². The fourth-order valence-electron chi connectivity index (χ4n) is 3.29. The van der Waals surface area contributed by atoms with Crippen LogP contribution in [0.3, 0.4) is 0 Å². The molecule has 1 fully saturated rings. The maximum atomic E-state index is 4.69. The summed E-state index contributed by atoms with van der Waals surface area (Å²) in [6, 6.07) is 1.98. The molecule has 0 amide bonds. The maximum Gasteiger partial charge on any atom is 0.227 e. The Bertz CT molecular complexity index is 504. The molecule has 4 heteroatoms. The summed E-state index contributed by atoms with van der Waals surface area (Å²) in [4.78, 5) is 11.5. The first-order chi connectivity index (χ1) is 10.8. The summed E-state index contributed by atoms with van der Waals surface area (Å²) in [6.07, 6.45) is 13.2. The Morgan fingerprint density at radius 3 is 2.91 bits per heavy atom. The molecule has 0 spiro atoms. The molecule has 0 atom stereocenters. The molecule has 1 aromatic rings. The van der Waals surface area contributed by atoms with Crippen LogP contribution in [0.1, 0.15) is 51.9 Å². The SMILES string of the molecule is CC1CCN(c2nccc(NCCC3=CCCCC3)n2)CC1. The molecule has 1 saturated heterocycles. The van der Waals surface area contributed by atoms with Crippen LogP contribution in [-0.2, 0) is 0 Å². The summed E-state index contributed by atoms with van der Waals surface area (Å²) in [5, 5.41) is 3.46. The fourth-order valence-corrected chi connectivity index (χ4v) is 3.29. The number of rotatable bonds is 5. The molecule has 0 unspecified atom stereocenters. The molecule has 0 aromatic carbocycles. The number of anilines is 2. The molecule has 1 N–H and O–H groups in total. The van der Waals surface area contributed by atoms with Crippen molar-refractivity contribution in [2.45, 2.75) is 51.9 Å². The average Bonchev–Trinajstić information content (AvgIpc) is 2.57. The minimum Gasteiger partial charge on any atom is -0.370 e. The molecule has 3 rings (SSSR count). The first-order valence-electron chi connectivity index (χ1n) is 8.81. The van der Waals surface area contributed by atoms with Gasteiger partial charge in [0.25, 0.3) is 0 Å². The van der Waals surface area contributed by atoms with Gasteiger partial charge in [-0.05, 0) is 56.9 Å². The summed E-state index contributed by atoms with van der Waals surface area (Å²) in [6.45, 7) is 5.46. The van der Waals surface area contributed by atoms with Gasteiger partial charge in [-0.2, -0.15) is 4.98 Å². The number of aromatic nitrogens is 2. The zero-order valence-electron chi connectivity index (χ0n) is 13.7. The summed E-state index contributed by atoms with van der Waals surface area (Å²) < 4.78 is 0. The molecule has 2 heterocycles. The van der Waals surface area contributed by atoms with Gasteiger partial charge >= 0.3 is 0 Å². The predicted molar refractivity (Wildman–Crippen MR) is 92.3 cm³/mol. The number of hydrogen-bond acceptors (Lipinski definition) is 4. The second-order valence-corrected chi connectivity index (χ2v) is 6.70. The van der Waals surface area contributed by atoms with E-state index in [0.29, 0.717) is 0 Å². The summed E-state index contributed by atoms with van der Waals surface area (Å²) in [5.74, 6) is 2.68. The molecule has 0 saturated carbocycles. The monoisotopic (exact) mass is 300 g/mol. The third kappa shape index (κ3) is 4.21. The highest BCUT2D eigenvalue weighted by Gasteiger charge is 2.18. The summed E-state index contributed by atoms with van der Waals surface area (Å²) in [5.41, 5.74) is 1.61. The van der Waals surface area contributed by atoms with Crippen molar-refractivity contribution in [2.75, 3.05) is 29.9 Å². The van der Waals surface area contributed by atoms with Crippen LogP contribution in [0.5, 0.6) is 0 Å². The summed E-state index contributed by atoms with van der Waals surface area (Å²) in [7, 11) is 0. The smallest absolute Gasteiger partial charge is 0.227 e. The lowest BCUT2D eigenvalue weighted by Crippen LogP contribution is -2.34. The van der Waals surface area contributed by atoms with Crippen LogP contribution in [0, 0.1) is 5.92 Å². The van der Waals surface area contributed by atoms with Gasteiger partial charge in [-0.25, -0.2) is 4.98 Å². The van der Waals surface area contributed by atoms with Gasteiger partial charge in [0.2, 0.25) is 5.95 Å².